The van der Waals surface area contributed by atoms with E-state index in [1.54, 1.807) is 0 Å². The van der Waals surface area contributed by atoms with Crippen molar-refractivity contribution in [1.82, 2.24) is 10.3 Å². The third-order valence-corrected chi connectivity index (χ3v) is 2.61. The Morgan fingerprint density at radius 1 is 1.38 bits per heavy atom. The summed E-state index contributed by atoms with van der Waals surface area (Å²) < 4.78 is 0. The van der Waals surface area contributed by atoms with Gasteiger partial charge in [-0.05, 0) is 31.5 Å². The van der Waals surface area contributed by atoms with E-state index >= 15 is 0 Å². The molecule has 1 atom stereocenters. The lowest BCUT2D eigenvalue weighted by Crippen LogP contribution is -2.39. The van der Waals surface area contributed by atoms with Crippen LogP contribution >= 0.6 is 0 Å². The number of rotatable bonds is 6. The summed E-state index contributed by atoms with van der Waals surface area (Å²) >= 11 is 0. The Morgan fingerprint density at radius 3 is 2.62 bits per heavy atom. The van der Waals surface area contributed by atoms with Crippen molar-refractivity contribution < 1.29 is 5.11 Å². The van der Waals surface area contributed by atoms with Gasteiger partial charge in [0.2, 0.25) is 0 Å². The summed E-state index contributed by atoms with van der Waals surface area (Å²) in [5, 5.41) is 13.3. The lowest BCUT2D eigenvalue weighted by Gasteiger charge is -2.23. The zero-order valence-electron chi connectivity index (χ0n) is 10.5. The van der Waals surface area contributed by atoms with Crippen molar-refractivity contribution in [2.75, 3.05) is 13.1 Å². The molecule has 16 heavy (non-hydrogen) atoms. The topological polar surface area (TPSA) is 45.1 Å². The molecule has 1 aromatic heterocycles. The van der Waals surface area contributed by atoms with Crippen LogP contribution in [0.4, 0.5) is 0 Å². The fourth-order valence-corrected chi connectivity index (χ4v) is 1.62. The van der Waals surface area contributed by atoms with Gasteiger partial charge in [-0.2, -0.15) is 0 Å². The second kappa shape index (κ2) is 5.97. The van der Waals surface area contributed by atoms with Gasteiger partial charge in [-0.1, -0.05) is 19.9 Å². The molecule has 0 aliphatic rings. The van der Waals surface area contributed by atoms with Crippen LogP contribution in [0.1, 0.15) is 32.0 Å². The number of hydrogen-bond donors (Lipinski definition) is 2. The van der Waals surface area contributed by atoms with Crippen molar-refractivity contribution in [1.29, 1.82) is 0 Å². The summed E-state index contributed by atoms with van der Waals surface area (Å²) in [6, 6.07) is 4.07. The molecule has 3 heteroatoms. The second-order valence-electron chi connectivity index (χ2n) is 4.47. The lowest BCUT2D eigenvalue weighted by atomic mass is 9.99. The van der Waals surface area contributed by atoms with Crippen LogP contribution < -0.4 is 5.32 Å². The fourth-order valence-electron chi connectivity index (χ4n) is 1.62. The van der Waals surface area contributed by atoms with Gasteiger partial charge in [0.25, 0.3) is 0 Å². The molecule has 0 aliphatic heterocycles. The summed E-state index contributed by atoms with van der Waals surface area (Å²) in [6.07, 6.45) is 3.48. The smallest absolute Gasteiger partial charge is 0.0798 e. The van der Waals surface area contributed by atoms with E-state index in [1.165, 1.54) is 5.56 Å². The lowest BCUT2D eigenvalue weighted by molar-refractivity contribution is 0.0598. The molecule has 0 saturated carbocycles. The van der Waals surface area contributed by atoms with Gasteiger partial charge < -0.3 is 10.4 Å². The van der Waals surface area contributed by atoms with E-state index in [0.29, 0.717) is 13.0 Å². The van der Waals surface area contributed by atoms with E-state index in [4.69, 9.17) is 0 Å². The second-order valence-corrected chi connectivity index (χ2v) is 4.47. The maximum atomic E-state index is 10.1. The number of aryl methyl sites for hydroxylation is 1. The van der Waals surface area contributed by atoms with Crippen molar-refractivity contribution in [2.24, 2.45) is 0 Å². The van der Waals surface area contributed by atoms with Crippen LogP contribution in [0.25, 0.3) is 0 Å². The third kappa shape index (κ3) is 4.29. The Morgan fingerprint density at radius 2 is 2.12 bits per heavy atom. The molecule has 1 unspecified atom stereocenters. The van der Waals surface area contributed by atoms with E-state index in [9.17, 15) is 5.11 Å². The SMILES string of the molecule is CCNCC(C)(O)Cc1ccc(CC)cn1. The molecular weight excluding hydrogens is 200 g/mol. The zero-order chi connectivity index (χ0) is 12.0. The van der Waals surface area contributed by atoms with Crippen LogP contribution in [0.15, 0.2) is 18.3 Å². The maximum absolute atomic E-state index is 10.1. The highest BCUT2D eigenvalue weighted by atomic mass is 16.3. The molecule has 0 aliphatic carbocycles. The van der Waals surface area contributed by atoms with Gasteiger partial charge in [0.15, 0.2) is 0 Å². The van der Waals surface area contributed by atoms with E-state index in [0.717, 1.165) is 18.7 Å². The number of aromatic nitrogens is 1. The van der Waals surface area contributed by atoms with Crippen LogP contribution in [0, 0.1) is 0 Å². The summed E-state index contributed by atoms with van der Waals surface area (Å²) in [5.41, 5.74) is 1.45. The van der Waals surface area contributed by atoms with Gasteiger partial charge in [-0.15, -0.1) is 0 Å². The van der Waals surface area contributed by atoms with E-state index in [1.807, 2.05) is 26.1 Å². The zero-order valence-corrected chi connectivity index (χ0v) is 10.5. The number of hydrogen-bond acceptors (Lipinski definition) is 3. The summed E-state index contributed by atoms with van der Waals surface area (Å²) in [7, 11) is 0. The minimum atomic E-state index is -0.725. The molecule has 1 heterocycles. The molecule has 1 aromatic rings. The third-order valence-electron chi connectivity index (χ3n) is 2.61. The average molecular weight is 222 g/mol. The Balaban J connectivity index is 2.57. The standard InChI is InChI=1S/C13H22N2O/c1-4-11-6-7-12(15-9-11)8-13(3,16)10-14-5-2/h6-7,9,14,16H,4-5,8,10H2,1-3H3. The van der Waals surface area contributed by atoms with E-state index in [2.05, 4.69) is 23.3 Å². The first-order chi connectivity index (χ1) is 7.57. The van der Waals surface area contributed by atoms with Crippen LogP contribution in [-0.4, -0.2) is 28.8 Å². The number of nitrogens with one attached hydrogen (secondary N) is 1. The molecule has 90 valence electrons. The highest BCUT2D eigenvalue weighted by Gasteiger charge is 2.20. The Bertz CT molecular complexity index is 306. The van der Waals surface area contributed by atoms with Crippen LogP contribution in [0.2, 0.25) is 0 Å². The van der Waals surface area contributed by atoms with Crippen molar-refractivity contribution in [3.8, 4) is 0 Å². The molecule has 0 amide bonds. The van der Waals surface area contributed by atoms with Crippen molar-refractivity contribution in [3.63, 3.8) is 0 Å². The minimum Gasteiger partial charge on any atom is -0.388 e. The molecule has 0 saturated heterocycles. The molecule has 1 rings (SSSR count). The molecular formula is C13H22N2O. The Hall–Kier alpha value is -0.930. The number of likely N-dealkylation sites (N-methyl/N-ethyl adjacent to an activating group) is 1. The van der Waals surface area contributed by atoms with Gasteiger partial charge in [0, 0.05) is 24.9 Å². The van der Waals surface area contributed by atoms with E-state index < -0.39 is 5.60 Å². The summed E-state index contributed by atoms with van der Waals surface area (Å²) in [6.45, 7) is 7.45. The molecule has 0 fully saturated rings. The van der Waals surface area contributed by atoms with Crippen LogP contribution in [-0.2, 0) is 12.8 Å². The van der Waals surface area contributed by atoms with Gasteiger partial charge in [-0.3, -0.25) is 4.98 Å². The normalized spacial score (nSPS) is 14.8. The van der Waals surface area contributed by atoms with Gasteiger partial charge in [0.05, 0.1) is 5.60 Å². The van der Waals surface area contributed by atoms with Gasteiger partial charge in [-0.25, -0.2) is 0 Å². The molecule has 3 nitrogen and oxygen atoms in total. The quantitative estimate of drug-likeness (QED) is 0.767. The summed E-state index contributed by atoms with van der Waals surface area (Å²) in [5.74, 6) is 0. The van der Waals surface area contributed by atoms with Gasteiger partial charge >= 0.3 is 0 Å². The largest absolute Gasteiger partial charge is 0.388 e. The fraction of sp³-hybridized carbons (Fsp3) is 0.615. The van der Waals surface area contributed by atoms with Crippen LogP contribution in [0.3, 0.4) is 0 Å². The highest BCUT2D eigenvalue weighted by Crippen LogP contribution is 2.11. The highest BCUT2D eigenvalue weighted by molar-refractivity contribution is 5.15. The number of aliphatic hydroxyl groups is 1. The monoisotopic (exact) mass is 222 g/mol. The molecule has 2 N–H and O–H groups in total. The maximum Gasteiger partial charge on any atom is 0.0798 e. The minimum absolute atomic E-state index is 0.587. The van der Waals surface area contributed by atoms with Gasteiger partial charge in [0.1, 0.15) is 0 Å². The first kappa shape index (κ1) is 13.1. The average Bonchev–Trinajstić information content (AvgIpc) is 2.27. The first-order valence-corrected chi connectivity index (χ1v) is 5.94. The summed E-state index contributed by atoms with van der Waals surface area (Å²) in [4.78, 5) is 4.36. The van der Waals surface area contributed by atoms with Crippen molar-refractivity contribution in [2.45, 2.75) is 39.2 Å². The predicted molar refractivity (Wildman–Crippen MR) is 66.5 cm³/mol. The molecule has 0 aromatic carbocycles. The molecule has 0 bridgehead atoms. The first-order valence-electron chi connectivity index (χ1n) is 5.94. The molecule has 0 spiro atoms. The molecule has 0 radical (unpaired) electrons. The number of pyridine rings is 1. The van der Waals surface area contributed by atoms with Crippen LogP contribution in [0.5, 0.6) is 0 Å². The van der Waals surface area contributed by atoms with Crippen molar-refractivity contribution >= 4 is 0 Å². The Kier molecular flexibility index (Phi) is 4.90. The Labute approximate surface area is 97.9 Å². The van der Waals surface area contributed by atoms with E-state index in [-0.39, 0.29) is 0 Å². The number of nitrogens with zero attached hydrogens (tertiary/aromatic N) is 1. The van der Waals surface area contributed by atoms with Crippen molar-refractivity contribution in [3.05, 3.63) is 29.6 Å². The predicted octanol–water partition coefficient (Wildman–Crippen LogP) is 1.55.